The van der Waals surface area contributed by atoms with Gasteiger partial charge < -0.3 is 5.32 Å². The maximum Gasteiger partial charge on any atom is 0.222 e. The van der Waals surface area contributed by atoms with Gasteiger partial charge in [-0.1, -0.05) is 11.6 Å². The van der Waals surface area contributed by atoms with Crippen molar-refractivity contribution in [2.45, 2.75) is 6.92 Å². The van der Waals surface area contributed by atoms with Crippen molar-refractivity contribution in [2.75, 3.05) is 5.32 Å². The van der Waals surface area contributed by atoms with Crippen LogP contribution in [0.5, 0.6) is 0 Å². The van der Waals surface area contributed by atoms with E-state index in [0.717, 1.165) is 5.56 Å². The van der Waals surface area contributed by atoms with Crippen molar-refractivity contribution in [2.24, 2.45) is 0 Å². The van der Waals surface area contributed by atoms with E-state index in [0.29, 0.717) is 27.4 Å². The van der Waals surface area contributed by atoms with Crippen molar-refractivity contribution >= 4 is 34.2 Å². The molecule has 0 aliphatic heterocycles. The second-order valence-electron chi connectivity index (χ2n) is 4.76. The van der Waals surface area contributed by atoms with Gasteiger partial charge in [-0.2, -0.15) is 0 Å². The molecule has 0 radical (unpaired) electrons. The first kappa shape index (κ1) is 14.4. The number of aromatic nitrogens is 2. The largest absolute Gasteiger partial charge is 0.311 e. The number of halogens is 2. The van der Waals surface area contributed by atoms with Crippen molar-refractivity contribution in [3.63, 3.8) is 0 Å². The molecule has 0 saturated heterocycles. The molecule has 22 heavy (non-hydrogen) atoms. The Morgan fingerprint density at radius 2 is 1.95 bits per heavy atom. The van der Waals surface area contributed by atoms with Crippen LogP contribution in [0.15, 0.2) is 42.6 Å². The molecule has 4 nitrogen and oxygen atoms in total. The summed E-state index contributed by atoms with van der Waals surface area (Å²) in [6.45, 7) is 1.40. The molecule has 0 aliphatic carbocycles. The normalized spacial score (nSPS) is 10.7. The lowest BCUT2D eigenvalue weighted by atomic mass is 10.1. The smallest absolute Gasteiger partial charge is 0.222 e. The predicted molar refractivity (Wildman–Crippen MR) is 84.2 cm³/mol. The number of hydrogen-bond acceptors (Lipinski definition) is 3. The third-order valence-electron chi connectivity index (χ3n) is 3.09. The number of nitrogens with zero attached hydrogens (tertiary/aromatic N) is 2. The summed E-state index contributed by atoms with van der Waals surface area (Å²) in [5, 5.41) is 3.76. The monoisotopic (exact) mass is 315 g/mol. The lowest BCUT2D eigenvalue weighted by Gasteiger charge is -2.07. The number of benzene rings is 1. The molecule has 1 N–H and O–H groups in total. The summed E-state index contributed by atoms with van der Waals surface area (Å²) in [4.78, 5) is 19.7. The Morgan fingerprint density at radius 1 is 1.23 bits per heavy atom. The molecule has 110 valence electrons. The topological polar surface area (TPSA) is 54.9 Å². The number of hydrogen-bond donors (Lipinski definition) is 1. The van der Waals surface area contributed by atoms with E-state index in [2.05, 4.69) is 15.3 Å². The fourth-order valence-electron chi connectivity index (χ4n) is 2.11. The summed E-state index contributed by atoms with van der Waals surface area (Å²) in [6.07, 6.45) is 1.57. The molecule has 2 heterocycles. The average Bonchev–Trinajstić information content (AvgIpc) is 2.47. The predicted octanol–water partition coefficient (Wildman–Crippen LogP) is 4.05. The highest BCUT2D eigenvalue weighted by atomic mass is 35.5. The maximum absolute atomic E-state index is 13.0. The molecule has 6 heteroatoms. The molecule has 0 atom stereocenters. The van der Waals surface area contributed by atoms with E-state index in [4.69, 9.17) is 11.6 Å². The third kappa shape index (κ3) is 2.89. The first-order valence-electron chi connectivity index (χ1n) is 6.53. The van der Waals surface area contributed by atoms with Crippen LogP contribution in [0, 0.1) is 5.82 Å². The highest BCUT2D eigenvalue weighted by Gasteiger charge is 2.08. The Hall–Kier alpha value is -2.53. The van der Waals surface area contributed by atoms with Crippen LogP contribution in [0.25, 0.3) is 22.2 Å². The zero-order valence-corrected chi connectivity index (χ0v) is 12.4. The van der Waals surface area contributed by atoms with Crippen molar-refractivity contribution < 1.29 is 9.18 Å². The van der Waals surface area contributed by atoms with Crippen molar-refractivity contribution in [3.05, 3.63) is 53.4 Å². The minimum absolute atomic E-state index is 0.223. The lowest BCUT2D eigenvalue weighted by Crippen LogP contribution is -2.07. The van der Waals surface area contributed by atoms with E-state index in [1.165, 1.54) is 19.1 Å². The standard InChI is InChI=1S/C16H11ClFN3O/c1-9(22)20-16-7-13(17)12-6-14(19-8-15(12)21-16)10-2-4-11(18)5-3-10/h2-8H,1H3,(H,20,21,22). The molecule has 3 rings (SSSR count). The van der Waals surface area contributed by atoms with E-state index in [1.807, 2.05) is 0 Å². The quantitative estimate of drug-likeness (QED) is 0.776. The first-order chi connectivity index (χ1) is 10.5. The highest BCUT2D eigenvalue weighted by Crippen LogP contribution is 2.28. The number of fused-ring (bicyclic) bond motifs is 1. The van der Waals surface area contributed by atoms with Crippen molar-refractivity contribution in [1.82, 2.24) is 9.97 Å². The van der Waals surface area contributed by atoms with E-state index in [1.54, 1.807) is 30.5 Å². The number of carbonyl (C=O) groups is 1. The minimum atomic E-state index is -0.302. The van der Waals surface area contributed by atoms with Crippen LogP contribution in [-0.2, 0) is 4.79 Å². The summed E-state index contributed by atoms with van der Waals surface area (Å²) in [5.41, 5.74) is 2.02. The van der Waals surface area contributed by atoms with Crippen LogP contribution < -0.4 is 5.32 Å². The SMILES string of the molecule is CC(=O)Nc1cc(Cl)c2cc(-c3ccc(F)cc3)ncc2n1. The van der Waals surface area contributed by atoms with Crippen LogP contribution in [-0.4, -0.2) is 15.9 Å². The van der Waals surface area contributed by atoms with E-state index >= 15 is 0 Å². The van der Waals surface area contributed by atoms with Gasteiger partial charge in [0.05, 0.1) is 22.4 Å². The number of pyridine rings is 2. The Bertz CT molecular complexity index is 865. The highest BCUT2D eigenvalue weighted by molar-refractivity contribution is 6.35. The second-order valence-corrected chi connectivity index (χ2v) is 5.17. The minimum Gasteiger partial charge on any atom is -0.311 e. The maximum atomic E-state index is 13.0. The molecule has 0 fully saturated rings. The van der Waals surface area contributed by atoms with Crippen molar-refractivity contribution in [3.8, 4) is 11.3 Å². The van der Waals surface area contributed by atoms with Gasteiger partial charge in [0.25, 0.3) is 0 Å². The van der Waals surface area contributed by atoms with Gasteiger partial charge in [0.15, 0.2) is 0 Å². The van der Waals surface area contributed by atoms with Crippen LogP contribution in [0.2, 0.25) is 5.02 Å². The molecule has 2 aromatic heterocycles. The molecule has 3 aromatic rings. The van der Waals surface area contributed by atoms with E-state index in [9.17, 15) is 9.18 Å². The molecule has 0 bridgehead atoms. The van der Waals surface area contributed by atoms with Gasteiger partial charge in [0, 0.05) is 23.9 Å². The fourth-order valence-corrected chi connectivity index (χ4v) is 2.37. The van der Waals surface area contributed by atoms with Crippen LogP contribution in [0.3, 0.4) is 0 Å². The summed E-state index contributed by atoms with van der Waals surface area (Å²) in [6, 6.07) is 9.42. The fraction of sp³-hybridized carbons (Fsp3) is 0.0625. The summed E-state index contributed by atoms with van der Waals surface area (Å²) in [5.74, 6) is -0.149. The molecule has 0 saturated carbocycles. The molecule has 1 aromatic carbocycles. The number of carbonyl (C=O) groups excluding carboxylic acids is 1. The molecule has 0 aliphatic rings. The lowest BCUT2D eigenvalue weighted by molar-refractivity contribution is -0.114. The summed E-state index contributed by atoms with van der Waals surface area (Å²) in [7, 11) is 0. The number of amides is 1. The molecule has 1 amide bonds. The number of anilines is 1. The van der Waals surface area contributed by atoms with Gasteiger partial charge in [-0.05, 0) is 30.3 Å². The zero-order valence-electron chi connectivity index (χ0n) is 11.6. The third-order valence-corrected chi connectivity index (χ3v) is 3.40. The summed E-state index contributed by atoms with van der Waals surface area (Å²) < 4.78 is 13.0. The van der Waals surface area contributed by atoms with E-state index < -0.39 is 0 Å². The van der Waals surface area contributed by atoms with Gasteiger partial charge in [-0.3, -0.25) is 9.78 Å². The molecule has 0 unspecified atom stereocenters. The Morgan fingerprint density at radius 3 is 2.64 bits per heavy atom. The Balaban J connectivity index is 2.08. The van der Waals surface area contributed by atoms with Crippen LogP contribution >= 0.6 is 11.6 Å². The molecule has 0 spiro atoms. The van der Waals surface area contributed by atoms with Gasteiger partial charge in [0.1, 0.15) is 11.6 Å². The van der Waals surface area contributed by atoms with E-state index in [-0.39, 0.29) is 11.7 Å². The zero-order chi connectivity index (χ0) is 15.7. The Kier molecular flexibility index (Phi) is 3.73. The molecular formula is C16H11ClFN3O. The van der Waals surface area contributed by atoms with Crippen molar-refractivity contribution in [1.29, 1.82) is 0 Å². The van der Waals surface area contributed by atoms with Gasteiger partial charge >= 0.3 is 0 Å². The summed E-state index contributed by atoms with van der Waals surface area (Å²) >= 11 is 6.25. The van der Waals surface area contributed by atoms with Gasteiger partial charge in [-0.15, -0.1) is 0 Å². The van der Waals surface area contributed by atoms with Gasteiger partial charge in [0.2, 0.25) is 5.91 Å². The average molecular weight is 316 g/mol. The van der Waals surface area contributed by atoms with Crippen LogP contribution in [0.1, 0.15) is 6.92 Å². The second kappa shape index (κ2) is 5.69. The number of rotatable bonds is 2. The Labute approximate surface area is 131 Å². The number of nitrogens with one attached hydrogen (secondary N) is 1. The molecular weight excluding hydrogens is 305 g/mol. The van der Waals surface area contributed by atoms with Gasteiger partial charge in [-0.25, -0.2) is 9.37 Å². The van der Waals surface area contributed by atoms with Crippen LogP contribution in [0.4, 0.5) is 10.2 Å². The first-order valence-corrected chi connectivity index (χ1v) is 6.90.